The molecule has 0 unspecified atom stereocenters. The Labute approximate surface area is 100 Å². The molecule has 0 aliphatic rings. The zero-order chi connectivity index (χ0) is 9.10. The molecule has 0 amide bonds. The van der Waals surface area contributed by atoms with Crippen LogP contribution in [-0.4, -0.2) is 22.5 Å². The number of rotatable bonds is 3. The van der Waals surface area contributed by atoms with Gasteiger partial charge in [0.1, 0.15) is 12.3 Å². The maximum Gasteiger partial charge on any atom is 0.199 e. The quantitative estimate of drug-likeness (QED) is 0.898. The molecule has 2 rings (SSSR count). The van der Waals surface area contributed by atoms with Crippen molar-refractivity contribution in [3.63, 3.8) is 0 Å². The largest absolute Gasteiger partial charge is 0.477 e. The van der Waals surface area contributed by atoms with Crippen molar-refractivity contribution in [2.45, 2.75) is 0 Å². The minimum atomic E-state index is 0. The fraction of sp³-hybridized carbons (Fsp3) is 0.222. The van der Waals surface area contributed by atoms with Crippen molar-refractivity contribution in [1.82, 2.24) is 9.38 Å². The van der Waals surface area contributed by atoms with Crippen molar-refractivity contribution in [3.05, 3.63) is 30.6 Å². The van der Waals surface area contributed by atoms with Gasteiger partial charge in [-0.2, -0.15) is 0 Å². The molecule has 2 aromatic heterocycles. The van der Waals surface area contributed by atoms with E-state index in [-0.39, 0.29) is 24.8 Å². The Bertz CT molecular complexity index is 405. The van der Waals surface area contributed by atoms with Gasteiger partial charge in [0.2, 0.25) is 0 Å². The Morgan fingerprint density at radius 2 is 2.13 bits per heavy atom. The Morgan fingerprint density at radius 1 is 1.33 bits per heavy atom. The third-order valence-corrected chi connectivity index (χ3v) is 1.76. The average molecular weight is 250 g/mol. The summed E-state index contributed by atoms with van der Waals surface area (Å²) in [4.78, 5) is 4.14. The fourth-order valence-corrected chi connectivity index (χ4v) is 1.20. The van der Waals surface area contributed by atoms with E-state index >= 15 is 0 Å². The van der Waals surface area contributed by atoms with Crippen LogP contribution in [0.4, 0.5) is 0 Å². The normalized spacial score (nSPS) is 9.13. The highest BCUT2D eigenvalue weighted by atomic mass is 35.5. The minimum absolute atomic E-state index is 0. The van der Waals surface area contributed by atoms with E-state index in [1.165, 1.54) is 0 Å². The van der Waals surface area contributed by atoms with E-state index in [9.17, 15) is 0 Å². The van der Waals surface area contributed by atoms with E-state index in [0.717, 1.165) is 11.5 Å². The molecule has 0 atom stereocenters. The fourth-order valence-electron chi connectivity index (χ4n) is 1.20. The van der Waals surface area contributed by atoms with Crippen LogP contribution in [0.5, 0.6) is 5.88 Å². The summed E-state index contributed by atoms with van der Waals surface area (Å²) >= 11 is 0. The Hall–Kier alpha value is -0.970. The minimum Gasteiger partial charge on any atom is -0.477 e. The van der Waals surface area contributed by atoms with Gasteiger partial charge in [-0.1, -0.05) is 6.07 Å². The molecule has 0 saturated heterocycles. The number of ether oxygens (including phenoxy) is 1. The van der Waals surface area contributed by atoms with Crippen LogP contribution in [0.1, 0.15) is 0 Å². The van der Waals surface area contributed by atoms with Gasteiger partial charge >= 0.3 is 0 Å². The summed E-state index contributed by atoms with van der Waals surface area (Å²) in [6.07, 6.45) is 3.60. The van der Waals surface area contributed by atoms with Gasteiger partial charge in [0.15, 0.2) is 5.88 Å². The summed E-state index contributed by atoms with van der Waals surface area (Å²) in [7, 11) is 0. The second-order valence-corrected chi connectivity index (χ2v) is 2.66. The van der Waals surface area contributed by atoms with E-state index in [2.05, 4.69) is 4.98 Å². The second-order valence-electron chi connectivity index (χ2n) is 2.66. The zero-order valence-corrected chi connectivity index (χ0v) is 9.63. The predicted molar refractivity (Wildman–Crippen MR) is 64.2 cm³/mol. The number of hydrogen-bond donors (Lipinski definition) is 1. The first-order valence-corrected chi connectivity index (χ1v) is 4.17. The highest BCUT2D eigenvalue weighted by molar-refractivity contribution is 5.85. The molecule has 0 aliphatic carbocycles. The SMILES string of the molecule is Cl.Cl.NCCOc1cccc2nccn12. The van der Waals surface area contributed by atoms with Crippen molar-refractivity contribution in [1.29, 1.82) is 0 Å². The first-order valence-electron chi connectivity index (χ1n) is 4.17. The molecule has 0 radical (unpaired) electrons. The second kappa shape index (κ2) is 6.50. The molecule has 2 N–H and O–H groups in total. The molecule has 0 saturated carbocycles. The van der Waals surface area contributed by atoms with Crippen molar-refractivity contribution in [2.24, 2.45) is 5.73 Å². The lowest BCUT2D eigenvalue weighted by atomic mass is 10.4. The summed E-state index contributed by atoms with van der Waals surface area (Å²) in [6, 6.07) is 5.73. The molecule has 0 fully saturated rings. The van der Waals surface area contributed by atoms with Gasteiger partial charge in [-0.3, -0.25) is 4.40 Å². The Balaban J connectivity index is 0.000000980. The van der Waals surface area contributed by atoms with Crippen molar-refractivity contribution < 1.29 is 4.74 Å². The van der Waals surface area contributed by atoms with Crippen molar-refractivity contribution >= 4 is 30.5 Å². The van der Waals surface area contributed by atoms with Gasteiger partial charge < -0.3 is 10.5 Å². The number of aromatic nitrogens is 2. The van der Waals surface area contributed by atoms with Gasteiger partial charge in [0, 0.05) is 18.9 Å². The first kappa shape index (κ1) is 14.0. The molecule has 2 heterocycles. The van der Waals surface area contributed by atoms with Crippen LogP contribution in [0.25, 0.3) is 5.65 Å². The van der Waals surface area contributed by atoms with E-state index in [1.807, 2.05) is 28.8 Å². The number of nitrogens with zero attached hydrogens (tertiary/aromatic N) is 2. The predicted octanol–water partition coefficient (Wildman–Crippen LogP) is 1.52. The van der Waals surface area contributed by atoms with Crippen LogP contribution in [0, 0.1) is 0 Å². The maximum absolute atomic E-state index is 5.42. The molecular weight excluding hydrogens is 237 g/mol. The number of fused-ring (bicyclic) bond motifs is 1. The van der Waals surface area contributed by atoms with Gasteiger partial charge in [0.05, 0.1) is 0 Å². The summed E-state index contributed by atoms with van der Waals surface area (Å²) in [5.74, 6) is 0.778. The molecule has 2 aromatic rings. The van der Waals surface area contributed by atoms with Crippen LogP contribution >= 0.6 is 24.8 Å². The standard InChI is InChI=1S/C9H11N3O.2ClH/c10-4-7-13-9-3-1-2-8-11-5-6-12(8)9;;/h1-3,5-6H,4,7,10H2;2*1H. The number of pyridine rings is 1. The monoisotopic (exact) mass is 249 g/mol. The van der Waals surface area contributed by atoms with E-state index in [1.54, 1.807) is 6.20 Å². The van der Waals surface area contributed by atoms with E-state index in [4.69, 9.17) is 10.5 Å². The summed E-state index contributed by atoms with van der Waals surface area (Å²) in [5, 5.41) is 0. The van der Waals surface area contributed by atoms with Crippen LogP contribution < -0.4 is 10.5 Å². The summed E-state index contributed by atoms with van der Waals surface area (Å²) < 4.78 is 7.31. The maximum atomic E-state index is 5.42. The molecule has 0 aliphatic heterocycles. The molecule has 15 heavy (non-hydrogen) atoms. The third kappa shape index (κ3) is 2.99. The van der Waals surface area contributed by atoms with Crippen molar-refractivity contribution in [3.8, 4) is 5.88 Å². The summed E-state index contributed by atoms with van der Waals surface area (Å²) in [6.45, 7) is 1.04. The van der Waals surface area contributed by atoms with Gasteiger partial charge in [-0.15, -0.1) is 24.8 Å². The van der Waals surface area contributed by atoms with E-state index < -0.39 is 0 Å². The number of halogens is 2. The highest BCUT2D eigenvalue weighted by Gasteiger charge is 1.99. The average Bonchev–Trinajstić information content (AvgIpc) is 2.62. The lowest BCUT2D eigenvalue weighted by Gasteiger charge is -2.05. The van der Waals surface area contributed by atoms with Crippen LogP contribution in [0.3, 0.4) is 0 Å². The first-order chi connectivity index (χ1) is 6.42. The summed E-state index contributed by atoms with van der Waals surface area (Å²) in [5.41, 5.74) is 6.23. The van der Waals surface area contributed by atoms with Crippen molar-refractivity contribution in [2.75, 3.05) is 13.2 Å². The highest BCUT2D eigenvalue weighted by Crippen LogP contribution is 2.12. The molecule has 6 heteroatoms. The van der Waals surface area contributed by atoms with Crippen LogP contribution in [0.2, 0.25) is 0 Å². The molecule has 4 nitrogen and oxygen atoms in total. The lowest BCUT2D eigenvalue weighted by Crippen LogP contribution is -2.11. The topological polar surface area (TPSA) is 52.5 Å². The van der Waals surface area contributed by atoms with E-state index in [0.29, 0.717) is 13.2 Å². The van der Waals surface area contributed by atoms with Crippen LogP contribution in [-0.2, 0) is 0 Å². The third-order valence-electron chi connectivity index (χ3n) is 1.76. The number of hydrogen-bond acceptors (Lipinski definition) is 3. The molecule has 0 spiro atoms. The lowest BCUT2D eigenvalue weighted by molar-refractivity contribution is 0.312. The Morgan fingerprint density at radius 3 is 2.87 bits per heavy atom. The van der Waals surface area contributed by atoms with Gasteiger partial charge in [0.25, 0.3) is 0 Å². The molecule has 0 bridgehead atoms. The number of nitrogens with two attached hydrogens (primary N) is 1. The number of imidazole rings is 1. The molecule has 0 aromatic carbocycles. The van der Waals surface area contributed by atoms with Gasteiger partial charge in [-0.25, -0.2) is 4.98 Å². The molecule has 84 valence electrons. The zero-order valence-electron chi connectivity index (χ0n) is 8.00. The van der Waals surface area contributed by atoms with Crippen LogP contribution in [0.15, 0.2) is 30.6 Å². The smallest absolute Gasteiger partial charge is 0.199 e. The van der Waals surface area contributed by atoms with Gasteiger partial charge in [-0.05, 0) is 12.1 Å². The molecular formula is C9H13Cl2N3O. The Kier molecular flexibility index (Phi) is 6.08.